The molecule has 31 heavy (non-hydrogen) atoms. The largest absolute Gasteiger partial charge is 0.497 e. The lowest BCUT2D eigenvalue weighted by atomic mass is 10.1. The molecule has 0 bridgehead atoms. The van der Waals surface area contributed by atoms with E-state index in [-0.39, 0.29) is 5.91 Å². The number of aryl methyl sites for hydroxylation is 1. The Hall–Kier alpha value is -3.80. The Bertz CT molecular complexity index is 1210. The summed E-state index contributed by atoms with van der Waals surface area (Å²) in [4.78, 5) is 12.8. The van der Waals surface area contributed by atoms with E-state index in [0.717, 1.165) is 22.0 Å². The fraction of sp³-hybridized carbons (Fsp3) is 0.200. The number of methoxy groups -OCH3 is 2. The van der Waals surface area contributed by atoms with Gasteiger partial charge in [-0.15, -0.1) is 0 Å². The average Bonchev–Trinajstić information content (AvgIpc) is 3.20. The van der Waals surface area contributed by atoms with Gasteiger partial charge in [-0.05, 0) is 36.8 Å². The molecule has 0 atom stereocenters. The van der Waals surface area contributed by atoms with E-state index in [1.807, 2.05) is 41.2 Å². The third-order valence-corrected chi connectivity index (χ3v) is 5.29. The van der Waals surface area contributed by atoms with Gasteiger partial charge in [-0.1, -0.05) is 35.9 Å². The number of nitrogens with one attached hydrogen (secondary N) is 1. The summed E-state index contributed by atoms with van der Waals surface area (Å²) >= 11 is 0. The van der Waals surface area contributed by atoms with E-state index in [0.29, 0.717) is 30.2 Å². The third-order valence-electron chi connectivity index (χ3n) is 5.29. The second kappa shape index (κ2) is 8.92. The van der Waals surface area contributed by atoms with Gasteiger partial charge in [-0.25, -0.2) is 0 Å². The minimum atomic E-state index is -0.150. The van der Waals surface area contributed by atoms with Crippen molar-refractivity contribution in [1.82, 2.24) is 15.1 Å². The van der Waals surface area contributed by atoms with Crippen LogP contribution in [-0.2, 0) is 13.1 Å². The molecule has 4 aromatic rings. The zero-order chi connectivity index (χ0) is 21.8. The van der Waals surface area contributed by atoms with Crippen LogP contribution in [0, 0.1) is 6.92 Å². The van der Waals surface area contributed by atoms with Gasteiger partial charge in [-0.3, -0.25) is 9.48 Å². The smallest absolute Gasteiger partial charge is 0.251 e. The first-order valence-electron chi connectivity index (χ1n) is 10.1. The molecule has 6 nitrogen and oxygen atoms in total. The van der Waals surface area contributed by atoms with E-state index in [1.54, 1.807) is 20.3 Å². The first-order valence-corrected chi connectivity index (χ1v) is 10.1. The maximum atomic E-state index is 12.8. The molecule has 1 heterocycles. The van der Waals surface area contributed by atoms with Gasteiger partial charge in [0.15, 0.2) is 0 Å². The molecule has 0 spiro atoms. The van der Waals surface area contributed by atoms with Crippen LogP contribution in [0.5, 0.6) is 11.5 Å². The first-order chi connectivity index (χ1) is 15.1. The van der Waals surface area contributed by atoms with E-state index in [4.69, 9.17) is 9.47 Å². The highest BCUT2D eigenvalue weighted by molar-refractivity contribution is 5.97. The number of rotatable bonds is 7. The van der Waals surface area contributed by atoms with Gasteiger partial charge < -0.3 is 14.8 Å². The second-order valence-electron chi connectivity index (χ2n) is 7.42. The predicted octanol–water partition coefficient (Wildman–Crippen LogP) is 4.34. The van der Waals surface area contributed by atoms with Crippen molar-refractivity contribution in [2.75, 3.05) is 14.2 Å². The number of carbonyl (C=O) groups is 1. The molecule has 0 aliphatic heterocycles. The molecule has 4 rings (SSSR count). The van der Waals surface area contributed by atoms with Gasteiger partial charge in [-0.2, -0.15) is 5.10 Å². The summed E-state index contributed by atoms with van der Waals surface area (Å²) in [6.07, 6.45) is 1.83. The predicted molar refractivity (Wildman–Crippen MR) is 121 cm³/mol. The van der Waals surface area contributed by atoms with Gasteiger partial charge in [0.25, 0.3) is 5.91 Å². The zero-order valence-electron chi connectivity index (χ0n) is 17.9. The molecule has 0 fully saturated rings. The number of amides is 1. The average molecular weight is 415 g/mol. The summed E-state index contributed by atoms with van der Waals surface area (Å²) < 4.78 is 12.6. The topological polar surface area (TPSA) is 65.4 Å². The number of hydrogen-bond donors (Lipinski definition) is 1. The second-order valence-corrected chi connectivity index (χ2v) is 7.42. The van der Waals surface area contributed by atoms with Crippen LogP contribution in [0.25, 0.3) is 10.9 Å². The van der Waals surface area contributed by atoms with Crippen molar-refractivity contribution in [3.05, 3.63) is 89.1 Å². The van der Waals surface area contributed by atoms with Gasteiger partial charge in [0.1, 0.15) is 11.5 Å². The molecule has 3 aromatic carbocycles. The van der Waals surface area contributed by atoms with E-state index in [9.17, 15) is 4.79 Å². The maximum Gasteiger partial charge on any atom is 0.251 e. The number of nitrogens with zero attached hydrogens (tertiary/aromatic N) is 2. The molecule has 0 radical (unpaired) electrons. The van der Waals surface area contributed by atoms with Crippen LogP contribution in [0.1, 0.15) is 27.0 Å². The van der Waals surface area contributed by atoms with Crippen molar-refractivity contribution < 1.29 is 14.3 Å². The number of hydrogen-bond acceptors (Lipinski definition) is 4. The van der Waals surface area contributed by atoms with Crippen LogP contribution >= 0.6 is 0 Å². The minimum absolute atomic E-state index is 0.150. The highest BCUT2D eigenvalue weighted by atomic mass is 16.5. The van der Waals surface area contributed by atoms with E-state index < -0.39 is 0 Å². The van der Waals surface area contributed by atoms with Crippen molar-refractivity contribution in [1.29, 1.82) is 0 Å². The van der Waals surface area contributed by atoms with Crippen LogP contribution < -0.4 is 14.8 Å². The van der Waals surface area contributed by atoms with Crippen LogP contribution in [0.2, 0.25) is 0 Å². The molecule has 0 aliphatic carbocycles. The highest BCUT2D eigenvalue weighted by Crippen LogP contribution is 2.24. The molecule has 1 amide bonds. The van der Waals surface area contributed by atoms with E-state index >= 15 is 0 Å². The van der Waals surface area contributed by atoms with Crippen LogP contribution in [0.15, 0.2) is 66.9 Å². The Morgan fingerprint density at radius 2 is 1.81 bits per heavy atom. The number of carbonyl (C=O) groups excluding carboxylic acids is 1. The third kappa shape index (κ3) is 4.53. The monoisotopic (exact) mass is 415 g/mol. The number of fused-ring (bicyclic) bond motifs is 1. The Kier molecular flexibility index (Phi) is 5.89. The fourth-order valence-corrected chi connectivity index (χ4v) is 3.48. The highest BCUT2D eigenvalue weighted by Gasteiger charge is 2.12. The van der Waals surface area contributed by atoms with Gasteiger partial charge in [0.2, 0.25) is 0 Å². The number of aromatic nitrogens is 2. The van der Waals surface area contributed by atoms with Crippen LogP contribution in [-0.4, -0.2) is 29.9 Å². The number of benzene rings is 3. The van der Waals surface area contributed by atoms with Gasteiger partial charge >= 0.3 is 0 Å². The summed E-state index contributed by atoms with van der Waals surface area (Å²) in [5, 5.41) is 8.47. The summed E-state index contributed by atoms with van der Waals surface area (Å²) in [6, 6.07) is 19.5. The summed E-state index contributed by atoms with van der Waals surface area (Å²) in [7, 11) is 3.21. The minimum Gasteiger partial charge on any atom is -0.497 e. The Labute approximate surface area is 181 Å². The lowest BCUT2D eigenvalue weighted by molar-refractivity contribution is 0.0951. The summed E-state index contributed by atoms with van der Waals surface area (Å²) in [5.74, 6) is 1.23. The molecular weight excluding hydrogens is 390 g/mol. The zero-order valence-corrected chi connectivity index (χ0v) is 17.9. The standard InChI is InChI=1S/C25H25N3O3/c1-17-4-6-18(7-5-17)16-28-23-12-19(8-9-20(23)15-27-28)25(29)26-14-21-10-11-22(30-2)13-24(21)31-3/h4-13,15H,14,16H2,1-3H3,(H,26,29). The van der Waals surface area contributed by atoms with Crippen molar-refractivity contribution in [3.8, 4) is 11.5 Å². The maximum absolute atomic E-state index is 12.8. The SMILES string of the molecule is COc1ccc(CNC(=O)c2ccc3cnn(Cc4ccc(C)cc4)c3c2)c(OC)c1. The van der Waals surface area contributed by atoms with E-state index in [2.05, 4.69) is 41.6 Å². The van der Waals surface area contributed by atoms with Gasteiger partial charge in [0.05, 0.1) is 32.5 Å². The quantitative estimate of drug-likeness (QED) is 0.488. The Morgan fingerprint density at radius 1 is 1.00 bits per heavy atom. The Morgan fingerprint density at radius 3 is 2.55 bits per heavy atom. The van der Waals surface area contributed by atoms with Crippen LogP contribution in [0.3, 0.4) is 0 Å². The fourth-order valence-electron chi connectivity index (χ4n) is 3.48. The van der Waals surface area contributed by atoms with Crippen molar-refractivity contribution in [2.45, 2.75) is 20.0 Å². The summed E-state index contributed by atoms with van der Waals surface area (Å²) in [5.41, 5.74) is 4.78. The summed E-state index contributed by atoms with van der Waals surface area (Å²) in [6.45, 7) is 3.07. The first kappa shape index (κ1) is 20.5. The molecule has 0 saturated heterocycles. The molecule has 1 aromatic heterocycles. The van der Waals surface area contributed by atoms with Crippen molar-refractivity contribution >= 4 is 16.8 Å². The molecule has 0 aliphatic rings. The lowest BCUT2D eigenvalue weighted by Crippen LogP contribution is -2.23. The van der Waals surface area contributed by atoms with E-state index in [1.165, 1.54) is 5.56 Å². The van der Waals surface area contributed by atoms with Crippen molar-refractivity contribution in [3.63, 3.8) is 0 Å². The van der Waals surface area contributed by atoms with Crippen molar-refractivity contribution in [2.24, 2.45) is 0 Å². The Balaban J connectivity index is 1.51. The molecule has 1 N–H and O–H groups in total. The lowest BCUT2D eigenvalue weighted by Gasteiger charge is -2.11. The molecule has 0 unspecified atom stereocenters. The molecule has 0 saturated carbocycles. The van der Waals surface area contributed by atoms with Crippen LogP contribution in [0.4, 0.5) is 0 Å². The normalized spacial score (nSPS) is 10.8. The molecular formula is C25H25N3O3. The number of ether oxygens (including phenoxy) is 2. The van der Waals surface area contributed by atoms with Gasteiger partial charge in [0, 0.05) is 29.1 Å². The molecule has 6 heteroatoms. The molecule has 158 valence electrons.